The van der Waals surface area contributed by atoms with Crippen LogP contribution in [-0.4, -0.2) is 37.6 Å². The maximum Gasteiger partial charge on any atom is 0.254 e. The minimum absolute atomic E-state index is 0.173. The SMILES string of the molecule is Cc1sc(-n2cnnn2)c(C(=O)NCCc2c[nH]c3ccc(F)cc23)c1C. The van der Waals surface area contributed by atoms with Crippen molar-refractivity contribution in [3.8, 4) is 5.00 Å². The van der Waals surface area contributed by atoms with Crippen molar-refractivity contribution in [2.75, 3.05) is 6.54 Å². The number of carbonyl (C=O) groups is 1. The van der Waals surface area contributed by atoms with Crippen LogP contribution in [0, 0.1) is 19.7 Å². The molecule has 138 valence electrons. The van der Waals surface area contributed by atoms with E-state index in [0.717, 1.165) is 26.9 Å². The van der Waals surface area contributed by atoms with Crippen molar-refractivity contribution in [3.05, 3.63) is 58.1 Å². The van der Waals surface area contributed by atoms with Gasteiger partial charge in [0.25, 0.3) is 5.91 Å². The quantitative estimate of drug-likeness (QED) is 0.554. The Kier molecular flexibility index (Phi) is 4.44. The molecule has 2 N–H and O–H groups in total. The molecule has 0 atom stereocenters. The average molecular weight is 384 g/mol. The maximum atomic E-state index is 13.5. The zero-order valence-electron chi connectivity index (χ0n) is 14.8. The number of nitrogens with one attached hydrogen (secondary N) is 2. The second kappa shape index (κ2) is 6.92. The molecule has 27 heavy (non-hydrogen) atoms. The molecule has 4 rings (SSSR count). The highest BCUT2D eigenvalue weighted by Crippen LogP contribution is 2.30. The summed E-state index contributed by atoms with van der Waals surface area (Å²) in [5.74, 6) is -0.448. The van der Waals surface area contributed by atoms with Crippen LogP contribution in [0.2, 0.25) is 0 Å². The van der Waals surface area contributed by atoms with E-state index in [1.807, 2.05) is 20.0 Å². The Balaban J connectivity index is 1.51. The summed E-state index contributed by atoms with van der Waals surface area (Å²) in [4.78, 5) is 16.9. The summed E-state index contributed by atoms with van der Waals surface area (Å²) < 4.78 is 15.0. The average Bonchev–Trinajstić information content (AvgIpc) is 3.36. The van der Waals surface area contributed by atoms with Gasteiger partial charge in [0.05, 0.1) is 5.56 Å². The number of tetrazole rings is 1. The maximum absolute atomic E-state index is 13.5. The number of aromatic amines is 1. The monoisotopic (exact) mass is 384 g/mol. The molecule has 0 unspecified atom stereocenters. The molecule has 9 heteroatoms. The minimum atomic E-state index is -0.275. The summed E-state index contributed by atoms with van der Waals surface area (Å²) in [6, 6.07) is 4.64. The summed E-state index contributed by atoms with van der Waals surface area (Å²) in [7, 11) is 0. The number of carbonyl (C=O) groups excluding carboxylic acids is 1. The van der Waals surface area contributed by atoms with E-state index in [1.165, 1.54) is 34.5 Å². The van der Waals surface area contributed by atoms with Gasteiger partial charge in [-0.3, -0.25) is 4.79 Å². The molecule has 0 aliphatic carbocycles. The minimum Gasteiger partial charge on any atom is -0.361 e. The third-order valence-corrected chi connectivity index (χ3v) is 5.76. The highest BCUT2D eigenvalue weighted by Gasteiger charge is 2.21. The van der Waals surface area contributed by atoms with Gasteiger partial charge in [0.15, 0.2) is 0 Å². The van der Waals surface area contributed by atoms with Crippen LogP contribution in [0.4, 0.5) is 4.39 Å². The standard InChI is InChI=1S/C18H17FN6OS/c1-10-11(2)27-18(25-9-22-23-24-25)16(10)17(26)20-6-5-12-8-21-15-4-3-13(19)7-14(12)15/h3-4,7-9,21H,5-6H2,1-2H3,(H,20,26). The highest BCUT2D eigenvalue weighted by atomic mass is 32.1. The first kappa shape index (κ1) is 17.3. The zero-order chi connectivity index (χ0) is 19.0. The summed E-state index contributed by atoms with van der Waals surface area (Å²) in [6.45, 7) is 4.31. The molecule has 0 saturated carbocycles. The van der Waals surface area contributed by atoms with E-state index < -0.39 is 0 Å². The first-order valence-electron chi connectivity index (χ1n) is 8.41. The predicted octanol–water partition coefficient (Wildman–Crippen LogP) is 2.93. The van der Waals surface area contributed by atoms with Crippen molar-refractivity contribution in [1.82, 2.24) is 30.5 Å². The highest BCUT2D eigenvalue weighted by molar-refractivity contribution is 7.15. The fraction of sp³-hybridized carbons (Fsp3) is 0.222. The molecule has 7 nitrogen and oxygen atoms in total. The van der Waals surface area contributed by atoms with E-state index >= 15 is 0 Å². The summed E-state index contributed by atoms with van der Waals surface area (Å²) >= 11 is 1.47. The van der Waals surface area contributed by atoms with Crippen molar-refractivity contribution in [2.45, 2.75) is 20.3 Å². The van der Waals surface area contributed by atoms with E-state index in [2.05, 4.69) is 25.8 Å². The van der Waals surface area contributed by atoms with E-state index in [1.54, 1.807) is 6.07 Å². The van der Waals surface area contributed by atoms with Crippen LogP contribution in [0.15, 0.2) is 30.7 Å². The van der Waals surface area contributed by atoms with Gasteiger partial charge in [-0.25, -0.2) is 4.39 Å². The van der Waals surface area contributed by atoms with Crippen molar-refractivity contribution in [1.29, 1.82) is 0 Å². The first-order valence-corrected chi connectivity index (χ1v) is 9.23. The summed E-state index contributed by atoms with van der Waals surface area (Å²) in [6.07, 6.45) is 3.92. The fourth-order valence-corrected chi connectivity index (χ4v) is 4.12. The Morgan fingerprint density at radius 3 is 3.00 bits per heavy atom. The Labute approximate surface area is 158 Å². The van der Waals surface area contributed by atoms with Gasteiger partial charge in [-0.15, -0.1) is 16.4 Å². The van der Waals surface area contributed by atoms with Gasteiger partial charge < -0.3 is 10.3 Å². The molecule has 3 aromatic heterocycles. The Morgan fingerprint density at radius 1 is 1.37 bits per heavy atom. The van der Waals surface area contributed by atoms with Crippen molar-refractivity contribution in [3.63, 3.8) is 0 Å². The molecule has 4 aromatic rings. The normalized spacial score (nSPS) is 11.2. The van der Waals surface area contributed by atoms with E-state index in [0.29, 0.717) is 23.5 Å². The number of halogens is 1. The van der Waals surface area contributed by atoms with Gasteiger partial charge in [-0.05, 0) is 60.0 Å². The molecule has 0 spiro atoms. The molecule has 1 aromatic carbocycles. The van der Waals surface area contributed by atoms with Crippen LogP contribution >= 0.6 is 11.3 Å². The lowest BCUT2D eigenvalue weighted by molar-refractivity contribution is 0.0954. The lowest BCUT2D eigenvalue weighted by Crippen LogP contribution is -2.27. The molecule has 0 aliphatic heterocycles. The van der Waals surface area contributed by atoms with Crippen molar-refractivity contribution < 1.29 is 9.18 Å². The molecule has 0 saturated heterocycles. The Morgan fingerprint density at radius 2 is 2.22 bits per heavy atom. The molecule has 1 amide bonds. The molecule has 0 aliphatic rings. The van der Waals surface area contributed by atoms with E-state index in [-0.39, 0.29) is 11.7 Å². The molecule has 3 heterocycles. The number of thiophene rings is 1. The molecular weight excluding hydrogens is 367 g/mol. The second-order valence-electron chi connectivity index (χ2n) is 6.23. The van der Waals surface area contributed by atoms with Gasteiger partial charge in [0.1, 0.15) is 17.1 Å². The number of hydrogen-bond acceptors (Lipinski definition) is 5. The number of amides is 1. The molecule has 0 radical (unpaired) electrons. The largest absolute Gasteiger partial charge is 0.361 e. The molecule has 0 bridgehead atoms. The first-order chi connectivity index (χ1) is 13.0. The van der Waals surface area contributed by atoms with Gasteiger partial charge in [0, 0.05) is 28.5 Å². The van der Waals surface area contributed by atoms with Gasteiger partial charge in [0.2, 0.25) is 0 Å². The van der Waals surface area contributed by atoms with Crippen LogP contribution in [0.5, 0.6) is 0 Å². The number of benzene rings is 1. The third-order valence-electron chi connectivity index (χ3n) is 4.56. The lowest BCUT2D eigenvalue weighted by Gasteiger charge is -2.07. The third kappa shape index (κ3) is 3.21. The smallest absolute Gasteiger partial charge is 0.254 e. The molecule has 0 fully saturated rings. The Hall–Kier alpha value is -3.07. The number of fused-ring (bicyclic) bond motifs is 1. The predicted molar refractivity (Wildman–Crippen MR) is 101 cm³/mol. The van der Waals surface area contributed by atoms with Crippen LogP contribution in [0.3, 0.4) is 0 Å². The topological polar surface area (TPSA) is 88.5 Å². The summed E-state index contributed by atoms with van der Waals surface area (Å²) in [5, 5.41) is 15.7. The Bertz CT molecular complexity index is 1110. The zero-order valence-corrected chi connectivity index (χ0v) is 15.6. The number of rotatable bonds is 5. The van der Waals surface area contributed by atoms with E-state index in [9.17, 15) is 9.18 Å². The number of hydrogen-bond donors (Lipinski definition) is 2. The fourth-order valence-electron chi connectivity index (χ4n) is 3.05. The number of aryl methyl sites for hydroxylation is 1. The summed E-state index contributed by atoms with van der Waals surface area (Å²) in [5.41, 5.74) is 3.33. The van der Waals surface area contributed by atoms with Crippen molar-refractivity contribution in [2.24, 2.45) is 0 Å². The second-order valence-corrected chi connectivity index (χ2v) is 7.43. The van der Waals surface area contributed by atoms with Crippen LogP contribution in [0.25, 0.3) is 15.9 Å². The van der Waals surface area contributed by atoms with Crippen LogP contribution in [-0.2, 0) is 6.42 Å². The lowest BCUT2D eigenvalue weighted by atomic mass is 10.1. The number of H-pyrrole nitrogens is 1. The van der Waals surface area contributed by atoms with Crippen LogP contribution < -0.4 is 5.32 Å². The van der Waals surface area contributed by atoms with Crippen LogP contribution in [0.1, 0.15) is 26.4 Å². The van der Waals surface area contributed by atoms with Gasteiger partial charge in [-0.1, -0.05) is 0 Å². The van der Waals surface area contributed by atoms with Gasteiger partial charge in [-0.2, -0.15) is 4.68 Å². The number of nitrogens with zero attached hydrogens (tertiary/aromatic N) is 4. The van der Waals surface area contributed by atoms with Crippen molar-refractivity contribution >= 4 is 28.1 Å². The van der Waals surface area contributed by atoms with Gasteiger partial charge >= 0.3 is 0 Å². The number of aromatic nitrogens is 5. The van der Waals surface area contributed by atoms with E-state index in [4.69, 9.17) is 0 Å². The molecular formula is C18H17FN6OS.